The number of carbonyl (C=O) groups is 1. The quantitative estimate of drug-likeness (QED) is 0.923. The molecular formula is C15H23ClN2O2. The molecule has 1 saturated heterocycles. The molecule has 20 heavy (non-hydrogen) atoms. The highest BCUT2D eigenvalue weighted by molar-refractivity contribution is 5.85. The maximum atomic E-state index is 12.2. The Balaban J connectivity index is 0.00000200. The Bertz CT molecular complexity index is 436. The van der Waals surface area contributed by atoms with Crippen LogP contribution in [0.15, 0.2) is 24.3 Å². The lowest BCUT2D eigenvalue weighted by Crippen LogP contribution is -2.36. The summed E-state index contributed by atoms with van der Waals surface area (Å²) < 4.78 is 5.63. The molecule has 5 heteroatoms. The summed E-state index contributed by atoms with van der Waals surface area (Å²) in [5.41, 5.74) is 7.92. The number of ether oxygens (including phenoxy) is 1. The molecule has 2 atom stereocenters. The second-order valence-electron chi connectivity index (χ2n) is 5.24. The molecule has 1 heterocycles. The van der Waals surface area contributed by atoms with Crippen molar-refractivity contribution in [3.8, 4) is 0 Å². The van der Waals surface area contributed by atoms with Gasteiger partial charge in [0, 0.05) is 20.1 Å². The summed E-state index contributed by atoms with van der Waals surface area (Å²) in [4.78, 5) is 14.0. The van der Waals surface area contributed by atoms with E-state index < -0.39 is 0 Å². The summed E-state index contributed by atoms with van der Waals surface area (Å²) in [7, 11) is 1.82. The Morgan fingerprint density at radius 3 is 2.55 bits per heavy atom. The lowest BCUT2D eigenvalue weighted by atomic mass is 10.1. The van der Waals surface area contributed by atoms with Gasteiger partial charge in [-0.1, -0.05) is 29.8 Å². The predicted octanol–water partition coefficient (Wildman–Crippen LogP) is 1.88. The maximum Gasteiger partial charge on any atom is 0.251 e. The molecular weight excluding hydrogens is 276 g/mol. The molecule has 1 amide bonds. The molecule has 1 fully saturated rings. The smallest absolute Gasteiger partial charge is 0.251 e. The lowest BCUT2D eigenvalue weighted by molar-refractivity contribution is -0.141. The molecule has 0 unspecified atom stereocenters. The minimum absolute atomic E-state index is 0. The van der Waals surface area contributed by atoms with E-state index in [4.69, 9.17) is 10.5 Å². The third kappa shape index (κ3) is 4.20. The van der Waals surface area contributed by atoms with Crippen molar-refractivity contribution in [3.63, 3.8) is 0 Å². The largest absolute Gasteiger partial charge is 0.364 e. The minimum Gasteiger partial charge on any atom is -0.364 e. The number of halogens is 1. The number of nitrogens with two attached hydrogens (primary N) is 1. The SMILES string of the molecule is Cc1ccc(CN(C)C(=O)[C@@H]2CC[C@H](CN)O2)cc1.Cl. The van der Waals surface area contributed by atoms with E-state index in [2.05, 4.69) is 31.2 Å². The number of benzene rings is 1. The maximum absolute atomic E-state index is 12.2. The van der Waals surface area contributed by atoms with Crippen molar-refractivity contribution in [2.24, 2.45) is 5.73 Å². The fourth-order valence-corrected chi connectivity index (χ4v) is 2.35. The van der Waals surface area contributed by atoms with Gasteiger partial charge in [-0.2, -0.15) is 0 Å². The normalized spacial score (nSPS) is 21.4. The van der Waals surface area contributed by atoms with Gasteiger partial charge in [0.25, 0.3) is 5.91 Å². The van der Waals surface area contributed by atoms with Gasteiger partial charge in [-0.15, -0.1) is 12.4 Å². The van der Waals surface area contributed by atoms with E-state index in [9.17, 15) is 4.79 Å². The van der Waals surface area contributed by atoms with E-state index in [1.54, 1.807) is 4.90 Å². The highest BCUT2D eigenvalue weighted by atomic mass is 35.5. The second-order valence-corrected chi connectivity index (χ2v) is 5.24. The molecule has 1 aromatic rings. The van der Waals surface area contributed by atoms with Crippen molar-refractivity contribution in [1.29, 1.82) is 0 Å². The van der Waals surface area contributed by atoms with Crippen molar-refractivity contribution in [2.75, 3.05) is 13.6 Å². The first-order valence-corrected chi connectivity index (χ1v) is 6.76. The highest BCUT2D eigenvalue weighted by Crippen LogP contribution is 2.21. The van der Waals surface area contributed by atoms with Crippen molar-refractivity contribution >= 4 is 18.3 Å². The summed E-state index contributed by atoms with van der Waals surface area (Å²) in [5.74, 6) is 0.0523. The van der Waals surface area contributed by atoms with Gasteiger partial charge in [-0.25, -0.2) is 0 Å². The number of likely N-dealkylation sites (N-methyl/N-ethyl adjacent to an activating group) is 1. The molecule has 0 spiro atoms. The molecule has 112 valence electrons. The number of aryl methyl sites for hydroxylation is 1. The van der Waals surface area contributed by atoms with Crippen LogP contribution < -0.4 is 5.73 Å². The molecule has 0 saturated carbocycles. The Hall–Kier alpha value is -1.10. The number of hydrogen-bond acceptors (Lipinski definition) is 3. The highest BCUT2D eigenvalue weighted by Gasteiger charge is 2.31. The van der Waals surface area contributed by atoms with Crippen LogP contribution in [0.5, 0.6) is 0 Å². The Morgan fingerprint density at radius 1 is 1.35 bits per heavy atom. The van der Waals surface area contributed by atoms with E-state index in [0.29, 0.717) is 13.1 Å². The van der Waals surface area contributed by atoms with Crippen LogP contribution in [0.25, 0.3) is 0 Å². The monoisotopic (exact) mass is 298 g/mol. The first-order valence-electron chi connectivity index (χ1n) is 6.76. The van der Waals surface area contributed by atoms with Crippen LogP contribution in [0.4, 0.5) is 0 Å². The van der Waals surface area contributed by atoms with Crippen molar-refractivity contribution in [1.82, 2.24) is 4.90 Å². The number of amides is 1. The number of carbonyl (C=O) groups excluding carboxylic acids is 1. The summed E-state index contributed by atoms with van der Waals surface area (Å²) in [6, 6.07) is 8.23. The molecule has 0 radical (unpaired) electrons. The van der Waals surface area contributed by atoms with Crippen LogP contribution in [-0.4, -0.2) is 36.6 Å². The van der Waals surface area contributed by atoms with Crippen LogP contribution in [0.1, 0.15) is 24.0 Å². The standard InChI is InChI=1S/C15H22N2O2.ClH/c1-11-3-5-12(6-4-11)10-17(2)15(18)14-8-7-13(9-16)19-14;/h3-6,13-14H,7-10,16H2,1-2H3;1H/t13-,14+;/m1./s1. The number of hydrogen-bond donors (Lipinski definition) is 1. The van der Waals surface area contributed by atoms with Crippen LogP contribution in [0.3, 0.4) is 0 Å². The lowest BCUT2D eigenvalue weighted by Gasteiger charge is -2.21. The van der Waals surface area contributed by atoms with Gasteiger partial charge in [0.1, 0.15) is 6.10 Å². The van der Waals surface area contributed by atoms with Gasteiger partial charge < -0.3 is 15.4 Å². The van der Waals surface area contributed by atoms with Gasteiger partial charge in [0.2, 0.25) is 0 Å². The average Bonchev–Trinajstić information content (AvgIpc) is 2.89. The fourth-order valence-electron chi connectivity index (χ4n) is 2.35. The summed E-state index contributed by atoms with van der Waals surface area (Å²) in [5, 5.41) is 0. The summed E-state index contributed by atoms with van der Waals surface area (Å²) >= 11 is 0. The zero-order valence-corrected chi connectivity index (χ0v) is 12.9. The Kier molecular flexibility index (Phi) is 6.46. The van der Waals surface area contributed by atoms with Gasteiger partial charge in [-0.05, 0) is 25.3 Å². The number of nitrogens with zero attached hydrogens (tertiary/aromatic N) is 1. The zero-order chi connectivity index (χ0) is 13.8. The van der Waals surface area contributed by atoms with E-state index in [0.717, 1.165) is 18.4 Å². The van der Waals surface area contributed by atoms with Crippen LogP contribution in [-0.2, 0) is 16.1 Å². The average molecular weight is 299 g/mol. The van der Waals surface area contributed by atoms with Crippen LogP contribution >= 0.6 is 12.4 Å². The van der Waals surface area contributed by atoms with Crippen LogP contribution in [0.2, 0.25) is 0 Å². The number of rotatable bonds is 4. The van der Waals surface area contributed by atoms with Crippen molar-refractivity contribution < 1.29 is 9.53 Å². The second kappa shape index (κ2) is 7.62. The van der Waals surface area contributed by atoms with Crippen molar-refractivity contribution in [2.45, 2.75) is 38.5 Å². The molecule has 2 N–H and O–H groups in total. The molecule has 0 bridgehead atoms. The molecule has 1 aromatic carbocycles. The first kappa shape index (κ1) is 17.0. The van der Waals surface area contributed by atoms with E-state index in [-0.39, 0.29) is 30.5 Å². The molecule has 1 aliphatic heterocycles. The Morgan fingerprint density at radius 2 is 2.00 bits per heavy atom. The van der Waals surface area contributed by atoms with E-state index >= 15 is 0 Å². The summed E-state index contributed by atoms with van der Waals surface area (Å²) in [6.45, 7) is 3.16. The van der Waals surface area contributed by atoms with Crippen molar-refractivity contribution in [3.05, 3.63) is 35.4 Å². The van der Waals surface area contributed by atoms with E-state index in [1.165, 1.54) is 5.56 Å². The topological polar surface area (TPSA) is 55.6 Å². The first-order chi connectivity index (χ1) is 9.10. The van der Waals surface area contributed by atoms with Crippen LogP contribution in [0, 0.1) is 6.92 Å². The van der Waals surface area contributed by atoms with Gasteiger partial charge in [0.15, 0.2) is 0 Å². The molecule has 2 rings (SSSR count). The fraction of sp³-hybridized carbons (Fsp3) is 0.533. The van der Waals surface area contributed by atoms with Gasteiger partial charge in [-0.3, -0.25) is 4.79 Å². The van der Waals surface area contributed by atoms with Gasteiger partial charge >= 0.3 is 0 Å². The predicted molar refractivity (Wildman–Crippen MR) is 81.9 cm³/mol. The minimum atomic E-state index is -0.316. The third-order valence-electron chi connectivity index (χ3n) is 3.56. The zero-order valence-electron chi connectivity index (χ0n) is 12.0. The Labute approximate surface area is 126 Å². The molecule has 0 aliphatic carbocycles. The third-order valence-corrected chi connectivity index (χ3v) is 3.56. The van der Waals surface area contributed by atoms with Gasteiger partial charge in [0.05, 0.1) is 6.10 Å². The molecule has 0 aromatic heterocycles. The van der Waals surface area contributed by atoms with E-state index in [1.807, 2.05) is 7.05 Å². The molecule has 4 nitrogen and oxygen atoms in total. The molecule has 1 aliphatic rings. The summed E-state index contributed by atoms with van der Waals surface area (Å²) in [6.07, 6.45) is 1.38.